The number of carbonyl (C=O) groups is 1. The predicted molar refractivity (Wildman–Crippen MR) is 107 cm³/mol. The van der Waals surface area contributed by atoms with Crippen LogP contribution in [-0.4, -0.2) is 15.7 Å². The average molecular weight is 382 g/mol. The van der Waals surface area contributed by atoms with E-state index in [-0.39, 0.29) is 24.4 Å². The molecule has 0 unspecified atom stereocenters. The van der Waals surface area contributed by atoms with Gasteiger partial charge in [0.2, 0.25) is 5.91 Å². The molecule has 0 aliphatic rings. The summed E-state index contributed by atoms with van der Waals surface area (Å²) in [5, 5.41) is 7.81. The quantitative estimate of drug-likeness (QED) is 0.709. The maximum atomic E-state index is 12.1. The topological polar surface area (TPSA) is 64.0 Å². The summed E-state index contributed by atoms with van der Waals surface area (Å²) < 4.78 is 1.32. The fraction of sp³-hybridized carbons (Fsp3) is 0.190. The molecule has 138 valence electrons. The van der Waals surface area contributed by atoms with E-state index in [0.717, 1.165) is 16.7 Å². The SMILES string of the molecule is Cc1ccc(-c2ccc(=O)n(CCC(=O)NCc3ccccc3Cl)n2)cc1. The third-order valence-corrected chi connectivity index (χ3v) is 4.57. The molecular formula is C21H20ClN3O2. The Morgan fingerprint density at radius 3 is 2.56 bits per heavy atom. The molecule has 1 aromatic heterocycles. The summed E-state index contributed by atoms with van der Waals surface area (Å²) in [5.74, 6) is -0.163. The van der Waals surface area contributed by atoms with E-state index in [1.54, 1.807) is 12.1 Å². The fourth-order valence-corrected chi connectivity index (χ4v) is 2.82. The van der Waals surface area contributed by atoms with Crippen molar-refractivity contribution in [3.63, 3.8) is 0 Å². The molecule has 6 heteroatoms. The number of rotatable bonds is 6. The normalized spacial score (nSPS) is 10.6. The molecule has 27 heavy (non-hydrogen) atoms. The third kappa shape index (κ3) is 5.05. The molecular weight excluding hydrogens is 362 g/mol. The lowest BCUT2D eigenvalue weighted by molar-refractivity contribution is -0.121. The molecule has 0 aliphatic heterocycles. The fourth-order valence-electron chi connectivity index (χ4n) is 2.62. The Bertz CT molecular complexity index is 997. The van der Waals surface area contributed by atoms with Gasteiger partial charge in [0.05, 0.1) is 12.2 Å². The van der Waals surface area contributed by atoms with Crippen molar-refractivity contribution in [2.24, 2.45) is 0 Å². The van der Waals surface area contributed by atoms with E-state index in [1.807, 2.05) is 49.4 Å². The summed E-state index contributed by atoms with van der Waals surface area (Å²) in [7, 11) is 0. The van der Waals surface area contributed by atoms with Gasteiger partial charge in [-0.15, -0.1) is 0 Å². The average Bonchev–Trinajstić information content (AvgIpc) is 2.67. The highest BCUT2D eigenvalue weighted by atomic mass is 35.5. The number of benzene rings is 2. The minimum Gasteiger partial charge on any atom is -0.352 e. The van der Waals surface area contributed by atoms with E-state index in [1.165, 1.54) is 10.7 Å². The highest BCUT2D eigenvalue weighted by Crippen LogP contribution is 2.16. The Hall–Kier alpha value is -2.92. The number of aromatic nitrogens is 2. The van der Waals surface area contributed by atoms with Crippen LogP contribution in [0.25, 0.3) is 11.3 Å². The number of nitrogens with zero attached hydrogens (tertiary/aromatic N) is 2. The van der Waals surface area contributed by atoms with Crippen LogP contribution in [0.3, 0.4) is 0 Å². The summed E-state index contributed by atoms with van der Waals surface area (Å²) in [6.45, 7) is 2.58. The molecule has 0 bridgehead atoms. The lowest BCUT2D eigenvalue weighted by atomic mass is 10.1. The maximum Gasteiger partial charge on any atom is 0.266 e. The van der Waals surface area contributed by atoms with Crippen molar-refractivity contribution >= 4 is 17.5 Å². The molecule has 0 saturated carbocycles. The van der Waals surface area contributed by atoms with Crippen LogP contribution in [-0.2, 0) is 17.9 Å². The van der Waals surface area contributed by atoms with Gasteiger partial charge in [-0.2, -0.15) is 5.10 Å². The van der Waals surface area contributed by atoms with Crippen LogP contribution in [0, 0.1) is 6.92 Å². The molecule has 5 nitrogen and oxygen atoms in total. The van der Waals surface area contributed by atoms with Crippen molar-refractivity contribution in [3.05, 3.63) is 87.2 Å². The number of nitrogens with one attached hydrogen (secondary N) is 1. The van der Waals surface area contributed by atoms with E-state index in [2.05, 4.69) is 10.4 Å². The number of halogens is 1. The molecule has 0 saturated heterocycles. The van der Waals surface area contributed by atoms with Gasteiger partial charge in [0.1, 0.15) is 0 Å². The second kappa shape index (κ2) is 8.64. The van der Waals surface area contributed by atoms with Gasteiger partial charge in [-0.05, 0) is 24.6 Å². The van der Waals surface area contributed by atoms with Gasteiger partial charge in [-0.3, -0.25) is 9.59 Å². The lowest BCUT2D eigenvalue weighted by Gasteiger charge is -2.09. The van der Waals surface area contributed by atoms with Crippen molar-refractivity contribution < 1.29 is 4.79 Å². The molecule has 0 radical (unpaired) electrons. The second-order valence-corrected chi connectivity index (χ2v) is 6.67. The van der Waals surface area contributed by atoms with Crippen LogP contribution in [0.4, 0.5) is 0 Å². The monoisotopic (exact) mass is 381 g/mol. The van der Waals surface area contributed by atoms with E-state index < -0.39 is 0 Å². The first-order valence-electron chi connectivity index (χ1n) is 8.68. The van der Waals surface area contributed by atoms with Gasteiger partial charge in [0, 0.05) is 29.6 Å². The molecule has 0 atom stereocenters. The zero-order chi connectivity index (χ0) is 19.2. The summed E-state index contributed by atoms with van der Waals surface area (Å²) in [4.78, 5) is 24.2. The van der Waals surface area contributed by atoms with Crippen LogP contribution in [0.1, 0.15) is 17.5 Å². The Kier molecular flexibility index (Phi) is 6.04. The van der Waals surface area contributed by atoms with Crippen molar-refractivity contribution in [1.82, 2.24) is 15.1 Å². The zero-order valence-electron chi connectivity index (χ0n) is 15.0. The van der Waals surface area contributed by atoms with Crippen molar-refractivity contribution in [3.8, 4) is 11.3 Å². The standard InChI is InChI=1S/C21H20ClN3O2/c1-15-6-8-16(9-7-15)19-10-11-21(27)25(24-19)13-12-20(26)23-14-17-4-2-3-5-18(17)22/h2-11H,12-14H2,1H3,(H,23,26). The Morgan fingerprint density at radius 2 is 1.81 bits per heavy atom. The molecule has 3 aromatic rings. The van der Waals surface area contributed by atoms with Gasteiger partial charge in [-0.1, -0.05) is 59.6 Å². The maximum absolute atomic E-state index is 12.1. The zero-order valence-corrected chi connectivity index (χ0v) is 15.7. The molecule has 2 aromatic carbocycles. The number of hydrogen-bond donors (Lipinski definition) is 1. The summed E-state index contributed by atoms with van der Waals surface area (Å²) in [5.41, 5.74) is 3.40. The molecule has 1 amide bonds. The molecule has 0 fully saturated rings. The first-order chi connectivity index (χ1) is 13.0. The minimum absolute atomic E-state index is 0.161. The highest BCUT2D eigenvalue weighted by Gasteiger charge is 2.07. The van der Waals surface area contributed by atoms with Crippen LogP contribution in [0.15, 0.2) is 65.5 Å². The van der Waals surface area contributed by atoms with Crippen LogP contribution in [0.5, 0.6) is 0 Å². The van der Waals surface area contributed by atoms with E-state index in [9.17, 15) is 9.59 Å². The summed E-state index contributed by atoms with van der Waals surface area (Å²) >= 11 is 6.08. The smallest absolute Gasteiger partial charge is 0.266 e. The number of aryl methyl sites for hydroxylation is 2. The largest absolute Gasteiger partial charge is 0.352 e. The molecule has 1 heterocycles. The highest BCUT2D eigenvalue weighted by molar-refractivity contribution is 6.31. The lowest BCUT2D eigenvalue weighted by Crippen LogP contribution is -2.28. The number of carbonyl (C=O) groups excluding carboxylic acids is 1. The van der Waals surface area contributed by atoms with Crippen LogP contribution in [0.2, 0.25) is 5.02 Å². The Labute approximate surface area is 162 Å². The third-order valence-electron chi connectivity index (χ3n) is 4.20. The van der Waals surface area contributed by atoms with Crippen molar-refractivity contribution in [2.45, 2.75) is 26.4 Å². The van der Waals surface area contributed by atoms with E-state index in [4.69, 9.17) is 11.6 Å². The first kappa shape index (κ1) is 18.9. The molecule has 0 aliphatic carbocycles. The van der Waals surface area contributed by atoms with Gasteiger partial charge < -0.3 is 5.32 Å². The van der Waals surface area contributed by atoms with Gasteiger partial charge >= 0.3 is 0 Å². The predicted octanol–water partition coefficient (Wildman–Crippen LogP) is 3.58. The molecule has 0 spiro atoms. The Balaban J connectivity index is 1.62. The van der Waals surface area contributed by atoms with E-state index >= 15 is 0 Å². The number of hydrogen-bond acceptors (Lipinski definition) is 3. The number of amides is 1. The second-order valence-electron chi connectivity index (χ2n) is 6.26. The first-order valence-corrected chi connectivity index (χ1v) is 9.06. The van der Waals surface area contributed by atoms with Gasteiger partial charge in [0.15, 0.2) is 0 Å². The van der Waals surface area contributed by atoms with E-state index in [0.29, 0.717) is 17.3 Å². The Morgan fingerprint density at radius 1 is 1.07 bits per heavy atom. The summed E-state index contributed by atoms with van der Waals surface area (Å²) in [6, 6.07) is 18.4. The molecule has 1 N–H and O–H groups in total. The van der Waals surface area contributed by atoms with Gasteiger partial charge in [-0.25, -0.2) is 4.68 Å². The van der Waals surface area contributed by atoms with Crippen LogP contribution >= 0.6 is 11.6 Å². The summed E-state index contributed by atoms with van der Waals surface area (Å²) in [6.07, 6.45) is 0.161. The van der Waals surface area contributed by atoms with Crippen LogP contribution < -0.4 is 10.9 Å². The minimum atomic E-state index is -0.232. The van der Waals surface area contributed by atoms with Crippen molar-refractivity contribution in [2.75, 3.05) is 0 Å². The molecule has 3 rings (SSSR count). The van der Waals surface area contributed by atoms with Crippen molar-refractivity contribution in [1.29, 1.82) is 0 Å². The van der Waals surface area contributed by atoms with Gasteiger partial charge in [0.25, 0.3) is 5.56 Å².